The molecule has 0 aliphatic carbocycles. The van der Waals surface area contributed by atoms with Crippen molar-refractivity contribution in [1.29, 1.82) is 0 Å². The van der Waals surface area contributed by atoms with Crippen molar-refractivity contribution in [2.24, 2.45) is 5.41 Å². The number of aromatic amines is 1. The van der Waals surface area contributed by atoms with Crippen LogP contribution in [0, 0.1) is 12.3 Å². The predicted octanol–water partition coefficient (Wildman–Crippen LogP) is -0.639. The third-order valence-corrected chi connectivity index (χ3v) is 4.00. The van der Waals surface area contributed by atoms with Gasteiger partial charge in [0.1, 0.15) is 5.82 Å². The van der Waals surface area contributed by atoms with Crippen molar-refractivity contribution < 1.29 is 4.74 Å². The summed E-state index contributed by atoms with van der Waals surface area (Å²) in [5, 5.41) is 2.37. The molecule has 1 N–H and O–H groups in total. The second-order valence-electron chi connectivity index (χ2n) is 5.72. The molecule has 0 bridgehead atoms. The largest absolute Gasteiger partial charge is 0.380 e. The highest BCUT2D eigenvalue weighted by Crippen LogP contribution is 2.36. The standard InChI is InChI=1S/C13H14N4O3/c1-8-14-10-2-11(18)17(3-9(10)12(19)15-8)16-4-13(5-16)6-20-7-13/h2-3H,4-7H2,1H3,(H,14,15,19). The number of nitrogens with one attached hydrogen (secondary N) is 1. The van der Waals surface area contributed by atoms with Crippen LogP contribution in [-0.2, 0) is 4.74 Å². The lowest BCUT2D eigenvalue weighted by Crippen LogP contribution is -2.70. The number of nitrogens with zero attached hydrogens (tertiary/aromatic N) is 3. The smallest absolute Gasteiger partial charge is 0.271 e. The molecule has 2 fully saturated rings. The number of H-pyrrole nitrogens is 1. The molecule has 2 aromatic rings. The van der Waals surface area contributed by atoms with Crippen LogP contribution >= 0.6 is 0 Å². The number of hydrogen-bond donors (Lipinski definition) is 1. The molecule has 0 saturated carbocycles. The molecule has 7 nitrogen and oxygen atoms in total. The molecule has 2 aliphatic heterocycles. The second-order valence-corrected chi connectivity index (χ2v) is 5.72. The Kier molecular flexibility index (Phi) is 2.15. The van der Waals surface area contributed by atoms with Gasteiger partial charge in [-0.3, -0.25) is 9.59 Å². The summed E-state index contributed by atoms with van der Waals surface area (Å²) < 4.78 is 6.73. The minimum atomic E-state index is -0.219. The monoisotopic (exact) mass is 274 g/mol. The molecule has 2 aromatic heterocycles. The van der Waals surface area contributed by atoms with Crippen LogP contribution in [0.2, 0.25) is 0 Å². The highest BCUT2D eigenvalue weighted by atomic mass is 16.5. The van der Waals surface area contributed by atoms with E-state index in [0.717, 1.165) is 26.3 Å². The van der Waals surface area contributed by atoms with Gasteiger partial charge in [-0.15, -0.1) is 0 Å². The van der Waals surface area contributed by atoms with Gasteiger partial charge in [0, 0.05) is 25.4 Å². The van der Waals surface area contributed by atoms with Crippen molar-refractivity contribution in [2.75, 3.05) is 31.3 Å². The van der Waals surface area contributed by atoms with Crippen molar-refractivity contribution in [3.05, 3.63) is 38.8 Å². The Bertz CT molecular complexity index is 810. The fourth-order valence-electron chi connectivity index (χ4n) is 2.90. The Morgan fingerprint density at radius 1 is 1.35 bits per heavy atom. The Labute approximate surface area is 113 Å². The molecule has 4 heterocycles. The van der Waals surface area contributed by atoms with Crippen molar-refractivity contribution >= 4 is 10.9 Å². The van der Waals surface area contributed by atoms with Gasteiger partial charge in [-0.1, -0.05) is 0 Å². The third-order valence-electron chi connectivity index (χ3n) is 4.00. The maximum atomic E-state index is 12.1. The van der Waals surface area contributed by atoms with Gasteiger partial charge < -0.3 is 14.7 Å². The van der Waals surface area contributed by atoms with E-state index in [0.29, 0.717) is 16.7 Å². The molecule has 0 radical (unpaired) electrons. The van der Waals surface area contributed by atoms with Crippen molar-refractivity contribution in [3.63, 3.8) is 0 Å². The Morgan fingerprint density at radius 3 is 2.75 bits per heavy atom. The number of fused-ring (bicyclic) bond motifs is 1. The van der Waals surface area contributed by atoms with Crippen LogP contribution in [0.5, 0.6) is 0 Å². The lowest BCUT2D eigenvalue weighted by Gasteiger charge is -2.55. The van der Waals surface area contributed by atoms with Crippen LogP contribution < -0.4 is 16.1 Å². The van der Waals surface area contributed by atoms with Gasteiger partial charge in [0.15, 0.2) is 0 Å². The summed E-state index contributed by atoms with van der Waals surface area (Å²) in [4.78, 5) is 30.9. The fourth-order valence-corrected chi connectivity index (χ4v) is 2.90. The Morgan fingerprint density at radius 2 is 2.10 bits per heavy atom. The first-order valence-electron chi connectivity index (χ1n) is 6.53. The average Bonchev–Trinajstić information content (AvgIpc) is 2.26. The number of hydrogen-bond acceptors (Lipinski definition) is 5. The summed E-state index contributed by atoms with van der Waals surface area (Å²) in [6.07, 6.45) is 1.58. The third kappa shape index (κ3) is 1.53. The van der Waals surface area contributed by atoms with Crippen molar-refractivity contribution in [1.82, 2.24) is 14.6 Å². The quantitative estimate of drug-likeness (QED) is 0.748. The van der Waals surface area contributed by atoms with Crippen LogP contribution in [0.3, 0.4) is 0 Å². The summed E-state index contributed by atoms with van der Waals surface area (Å²) >= 11 is 0. The minimum absolute atomic E-state index is 0.162. The summed E-state index contributed by atoms with van der Waals surface area (Å²) in [5.74, 6) is 0.508. The molecule has 0 amide bonds. The molecule has 1 spiro atoms. The van der Waals surface area contributed by atoms with Gasteiger partial charge >= 0.3 is 0 Å². The highest BCUT2D eigenvalue weighted by molar-refractivity contribution is 5.76. The summed E-state index contributed by atoms with van der Waals surface area (Å²) in [6.45, 7) is 4.79. The highest BCUT2D eigenvalue weighted by Gasteiger charge is 2.49. The lowest BCUT2D eigenvalue weighted by molar-refractivity contribution is -0.134. The molecule has 2 aliphatic rings. The molecule has 2 saturated heterocycles. The van der Waals surface area contributed by atoms with E-state index in [4.69, 9.17) is 4.74 Å². The number of pyridine rings is 1. The second kappa shape index (κ2) is 3.69. The maximum absolute atomic E-state index is 12.1. The normalized spacial score (nSPS) is 19.9. The molecular weight excluding hydrogens is 260 g/mol. The zero-order valence-corrected chi connectivity index (χ0v) is 11.0. The minimum Gasteiger partial charge on any atom is -0.380 e. The summed E-state index contributed by atoms with van der Waals surface area (Å²) in [7, 11) is 0. The first-order valence-corrected chi connectivity index (χ1v) is 6.53. The molecular formula is C13H14N4O3. The van der Waals surface area contributed by atoms with Gasteiger partial charge in [-0.25, -0.2) is 9.66 Å². The van der Waals surface area contributed by atoms with Crippen molar-refractivity contribution in [3.8, 4) is 0 Å². The average molecular weight is 274 g/mol. The lowest BCUT2D eigenvalue weighted by atomic mass is 9.79. The first-order chi connectivity index (χ1) is 9.56. The summed E-state index contributed by atoms with van der Waals surface area (Å²) in [6, 6.07) is 1.42. The number of rotatable bonds is 1. The van der Waals surface area contributed by atoms with Gasteiger partial charge in [0.2, 0.25) is 0 Å². The Balaban J connectivity index is 1.79. The maximum Gasteiger partial charge on any atom is 0.271 e. The number of aromatic nitrogens is 3. The molecule has 4 rings (SSSR count). The van der Waals surface area contributed by atoms with Crippen molar-refractivity contribution in [2.45, 2.75) is 6.92 Å². The molecule has 20 heavy (non-hydrogen) atoms. The van der Waals surface area contributed by atoms with E-state index in [9.17, 15) is 9.59 Å². The van der Waals surface area contributed by atoms with E-state index in [1.54, 1.807) is 13.1 Å². The molecule has 0 aromatic carbocycles. The van der Waals surface area contributed by atoms with Crippen LogP contribution in [0.15, 0.2) is 21.9 Å². The van der Waals surface area contributed by atoms with Crippen LogP contribution in [0.4, 0.5) is 0 Å². The predicted molar refractivity (Wildman–Crippen MR) is 72.6 cm³/mol. The van der Waals surface area contributed by atoms with E-state index < -0.39 is 0 Å². The van der Waals surface area contributed by atoms with E-state index >= 15 is 0 Å². The zero-order chi connectivity index (χ0) is 13.9. The molecule has 104 valence electrons. The Hall–Kier alpha value is -2.15. The number of aryl methyl sites for hydroxylation is 1. The van der Waals surface area contributed by atoms with E-state index in [1.165, 1.54) is 10.7 Å². The van der Waals surface area contributed by atoms with Crippen LogP contribution in [0.25, 0.3) is 10.9 Å². The molecule has 0 atom stereocenters. The van der Waals surface area contributed by atoms with Gasteiger partial charge in [0.05, 0.1) is 29.5 Å². The van der Waals surface area contributed by atoms with Gasteiger partial charge in [-0.2, -0.15) is 0 Å². The van der Waals surface area contributed by atoms with Gasteiger partial charge in [0.25, 0.3) is 11.1 Å². The van der Waals surface area contributed by atoms with E-state index in [2.05, 4.69) is 9.97 Å². The first kappa shape index (κ1) is 11.7. The fraction of sp³-hybridized carbons (Fsp3) is 0.462. The molecule has 7 heteroatoms. The SMILES string of the molecule is Cc1nc2cc(=O)n(N3CC4(COC4)C3)cc2c(=O)[nH]1. The topological polar surface area (TPSA) is 80.2 Å². The van der Waals surface area contributed by atoms with Crippen LogP contribution in [0.1, 0.15) is 5.82 Å². The number of ether oxygens (including phenoxy) is 1. The van der Waals surface area contributed by atoms with Crippen LogP contribution in [-0.4, -0.2) is 40.9 Å². The van der Waals surface area contributed by atoms with Gasteiger partial charge in [-0.05, 0) is 6.92 Å². The van der Waals surface area contributed by atoms with E-state index in [-0.39, 0.29) is 16.5 Å². The summed E-state index contributed by atoms with van der Waals surface area (Å²) in [5.41, 5.74) is 0.273. The van der Waals surface area contributed by atoms with E-state index in [1.807, 2.05) is 5.01 Å². The molecule has 0 unspecified atom stereocenters. The zero-order valence-electron chi connectivity index (χ0n) is 11.0.